The van der Waals surface area contributed by atoms with Gasteiger partial charge in [-0.1, -0.05) is 34.1 Å². The van der Waals surface area contributed by atoms with Crippen molar-refractivity contribution in [2.24, 2.45) is 23.2 Å². The van der Waals surface area contributed by atoms with E-state index < -0.39 is 0 Å². The first-order chi connectivity index (χ1) is 6.99. The van der Waals surface area contributed by atoms with Crippen molar-refractivity contribution in [3.05, 3.63) is 0 Å². The minimum absolute atomic E-state index is 0.512. The molecule has 1 heteroatoms. The largest absolute Gasteiger partial charge is 0.319 e. The van der Waals surface area contributed by atoms with Gasteiger partial charge in [0.2, 0.25) is 0 Å². The van der Waals surface area contributed by atoms with E-state index in [4.69, 9.17) is 0 Å². The fraction of sp³-hybridized carbons (Fsp3) is 1.00. The van der Waals surface area contributed by atoms with Crippen LogP contribution in [-0.2, 0) is 0 Å². The molecule has 0 heterocycles. The first-order valence-electron chi connectivity index (χ1n) is 6.63. The van der Waals surface area contributed by atoms with Gasteiger partial charge in [0.15, 0.2) is 0 Å². The summed E-state index contributed by atoms with van der Waals surface area (Å²) >= 11 is 0. The molecule has 0 radical (unpaired) electrons. The van der Waals surface area contributed by atoms with Crippen LogP contribution in [0.3, 0.4) is 0 Å². The molecule has 15 heavy (non-hydrogen) atoms. The van der Waals surface area contributed by atoms with Gasteiger partial charge in [-0.15, -0.1) is 0 Å². The molecule has 3 atom stereocenters. The molecule has 1 saturated carbocycles. The molecule has 1 N–H and O–H groups in total. The van der Waals surface area contributed by atoms with E-state index in [1.54, 1.807) is 0 Å². The normalized spacial score (nSPS) is 33.0. The standard InChI is InChI=1S/C14H29N/c1-6-11-9-13(14(2,3)4)8-7-12(11)10-15-5/h11-13,15H,6-10H2,1-5H3. The van der Waals surface area contributed by atoms with Crippen LogP contribution in [0.15, 0.2) is 0 Å². The highest BCUT2D eigenvalue weighted by Crippen LogP contribution is 2.43. The maximum Gasteiger partial charge on any atom is -0.00209 e. The molecule has 0 bridgehead atoms. The predicted molar refractivity (Wildman–Crippen MR) is 68.0 cm³/mol. The van der Waals surface area contributed by atoms with Gasteiger partial charge in [-0.3, -0.25) is 0 Å². The van der Waals surface area contributed by atoms with Crippen LogP contribution in [0.2, 0.25) is 0 Å². The van der Waals surface area contributed by atoms with Gasteiger partial charge in [0.1, 0.15) is 0 Å². The van der Waals surface area contributed by atoms with Crippen LogP contribution in [0.1, 0.15) is 53.4 Å². The smallest absolute Gasteiger partial charge is 0.00209 e. The fourth-order valence-electron chi connectivity index (χ4n) is 3.14. The Morgan fingerprint density at radius 2 is 1.80 bits per heavy atom. The summed E-state index contributed by atoms with van der Waals surface area (Å²) in [4.78, 5) is 0. The summed E-state index contributed by atoms with van der Waals surface area (Å²) < 4.78 is 0. The monoisotopic (exact) mass is 211 g/mol. The first kappa shape index (κ1) is 13.0. The maximum atomic E-state index is 3.36. The Bertz CT molecular complexity index is 180. The highest BCUT2D eigenvalue weighted by molar-refractivity contribution is 4.85. The Labute approximate surface area is 96.0 Å². The molecule has 0 aromatic carbocycles. The van der Waals surface area contributed by atoms with Gasteiger partial charge < -0.3 is 5.32 Å². The van der Waals surface area contributed by atoms with Gasteiger partial charge in [-0.05, 0) is 56.0 Å². The maximum absolute atomic E-state index is 3.36. The summed E-state index contributed by atoms with van der Waals surface area (Å²) in [5.41, 5.74) is 0.512. The minimum atomic E-state index is 0.512. The van der Waals surface area contributed by atoms with Crippen LogP contribution >= 0.6 is 0 Å². The molecule has 0 spiro atoms. The molecule has 1 fully saturated rings. The van der Waals surface area contributed by atoms with Crippen molar-refractivity contribution in [1.82, 2.24) is 5.32 Å². The molecule has 3 unspecified atom stereocenters. The lowest BCUT2D eigenvalue weighted by Gasteiger charge is -2.41. The van der Waals surface area contributed by atoms with Crippen molar-refractivity contribution in [2.75, 3.05) is 13.6 Å². The lowest BCUT2D eigenvalue weighted by molar-refractivity contribution is 0.0960. The summed E-state index contributed by atoms with van der Waals surface area (Å²) in [5, 5.41) is 3.36. The Morgan fingerprint density at radius 3 is 2.27 bits per heavy atom. The van der Waals surface area contributed by atoms with Gasteiger partial charge in [0.25, 0.3) is 0 Å². The molecule has 0 amide bonds. The summed E-state index contributed by atoms with van der Waals surface area (Å²) in [6, 6.07) is 0. The van der Waals surface area contributed by atoms with E-state index in [-0.39, 0.29) is 0 Å². The van der Waals surface area contributed by atoms with Crippen LogP contribution in [0.4, 0.5) is 0 Å². The van der Waals surface area contributed by atoms with E-state index in [0.717, 1.165) is 17.8 Å². The zero-order valence-electron chi connectivity index (χ0n) is 11.3. The summed E-state index contributed by atoms with van der Waals surface area (Å²) in [6.45, 7) is 10.8. The molecular weight excluding hydrogens is 182 g/mol. The minimum Gasteiger partial charge on any atom is -0.319 e. The van der Waals surface area contributed by atoms with Crippen molar-refractivity contribution < 1.29 is 0 Å². The molecule has 90 valence electrons. The molecule has 0 aromatic heterocycles. The predicted octanol–water partition coefficient (Wildman–Crippen LogP) is 3.69. The fourth-order valence-corrected chi connectivity index (χ4v) is 3.14. The van der Waals surface area contributed by atoms with E-state index >= 15 is 0 Å². The van der Waals surface area contributed by atoms with Crippen molar-refractivity contribution in [1.29, 1.82) is 0 Å². The lowest BCUT2D eigenvalue weighted by Crippen LogP contribution is -2.35. The van der Waals surface area contributed by atoms with Crippen molar-refractivity contribution >= 4 is 0 Å². The zero-order chi connectivity index (χ0) is 11.5. The summed E-state index contributed by atoms with van der Waals surface area (Å²) in [7, 11) is 2.09. The lowest BCUT2D eigenvalue weighted by atomic mass is 9.65. The SMILES string of the molecule is CCC1CC(C(C)(C)C)CCC1CNC. The third-order valence-corrected chi connectivity index (χ3v) is 4.36. The van der Waals surface area contributed by atoms with E-state index in [1.807, 2.05) is 0 Å². The molecule has 0 aliphatic heterocycles. The molecule has 0 aromatic rings. The van der Waals surface area contributed by atoms with E-state index in [0.29, 0.717) is 5.41 Å². The van der Waals surface area contributed by atoms with Gasteiger partial charge in [-0.25, -0.2) is 0 Å². The van der Waals surface area contributed by atoms with E-state index in [9.17, 15) is 0 Å². The second-order valence-electron chi connectivity index (χ2n) is 6.36. The van der Waals surface area contributed by atoms with Crippen molar-refractivity contribution in [2.45, 2.75) is 53.4 Å². The first-order valence-corrected chi connectivity index (χ1v) is 6.63. The van der Waals surface area contributed by atoms with Crippen LogP contribution in [0, 0.1) is 23.2 Å². The summed E-state index contributed by atoms with van der Waals surface area (Å²) in [6.07, 6.45) is 5.68. The van der Waals surface area contributed by atoms with Crippen LogP contribution < -0.4 is 5.32 Å². The highest BCUT2D eigenvalue weighted by Gasteiger charge is 2.34. The number of nitrogens with one attached hydrogen (secondary N) is 1. The summed E-state index contributed by atoms with van der Waals surface area (Å²) in [5.74, 6) is 2.82. The van der Waals surface area contributed by atoms with Crippen LogP contribution in [0.25, 0.3) is 0 Å². The van der Waals surface area contributed by atoms with E-state index in [1.165, 1.54) is 32.2 Å². The second kappa shape index (κ2) is 5.34. The zero-order valence-corrected chi connectivity index (χ0v) is 11.3. The van der Waals surface area contributed by atoms with Gasteiger partial charge in [0, 0.05) is 0 Å². The van der Waals surface area contributed by atoms with Crippen molar-refractivity contribution in [3.63, 3.8) is 0 Å². The quantitative estimate of drug-likeness (QED) is 0.750. The molecule has 1 aliphatic rings. The third kappa shape index (κ3) is 3.48. The Hall–Kier alpha value is -0.0400. The van der Waals surface area contributed by atoms with Crippen LogP contribution in [0.5, 0.6) is 0 Å². The topological polar surface area (TPSA) is 12.0 Å². The molecule has 1 nitrogen and oxygen atoms in total. The Kier molecular flexibility index (Phi) is 4.64. The Balaban J connectivity index is 2.55. The highest BCUT2D eigenvalue weighted by atomic mass is 14.8. The van der Waals surface area contributed by atoms with Crippen LogP contribution in [-0.4, -0.2) is 13.6 Å². The van der Waals surface area contributed by atoms with Crippen molar-refractivity contribution in [3.8, 4) is 0 Å². The molecular formula is C14H29N. The number of rotatable bonds is 3. The molecule has 1 rings (SSSR count). The third-order valence-electron chi connectivity index (χ3n) is 4.36. The average molecular weight is 211 g/mol. The average Bonchev–Trinajstić information content (AvgIpc) is 2.17. The van der Waals surface area contributed by atoms with Gasteiger partial charge in [0.05, 0.1) is 0 Å². The number of hydrogen-bond donors (Lipinski definition) is 1. The van der Waals surface area contributed by atoms with Gasteiger partial charge >= 0.3 is 0 Å². The molecule has 0 saturated heterocycles. The van der Waals surface area contributed by atoms with Gasteiger partial charge in [-0.2, -0.15) is 0 Å². The second-order valence-corrected chi connectivity index (χ2v) is 6.36. The number of hydrogen-bond acceptors (Lipinski definition) is 1. The van der Waals surface area contributed by atoms with E-state index in [2.05, 4.69) is 40.1 Å². The molecule has 1 aliphatic carbocycles. The Morgan fingerprint density at radius 1 is 1.13 bits per heavy atom.